The van der Waals surface area contributed by atoms with E-state index in [-0.39, 0.29) is 11.9 Å². The fourth-order valence-electron chi connectivity index (χ4n) is 4.66. The summed E-state index contributed by atoms with van der Waals surface area (Å²) in [6.45, 7) is 1.91. The van der Waals surface area contributed by atoms with Gasteiger partial charge in [0.1, 0.15) is 5.69 Å². The molecule has 1 heterocycles. The molecule has 2 N–H and O–H groups in total. The summed E-state index contributed by atoms with van der Waals surface area (Å²) < 4.78 is 40.6. The molecule has 5 rings (SSSR count). The van der Waals surface area contributed by atoms with Crippen molar-refractivity contribution in [3.05, 3.63) is 126 Å². The predicted molar refractivity (Wildman–Crippen MR) is 150 cm³/mol. The molecule has 40 heavy (non-hydrogen) atoms. The number of carbonyl (C=O) groups is 2. The monoisotopic (exact) mass is 541 g/mol. The molecule has 0 radical (unpaired) electrons. The van der Waals surface area contributed by atoms with Gasteiger partial charge in [0.05, 0.1) is 17.3 Å². The molecule has 0 aliphatic heterocycles. The molecule has 0 spiro atoms. The Kier molecular flexibility index (Phi) is 7.17. The molecule has 1 unspecified atom stereocenters. The van der Waals surface area contributed by atoms with Crippen LogP contribution in [0, 0.1) is 0 Å². The summed E-state index contributed by atoms with van der Waals surface area (Å²) in [6.07, 6.45) is -2.81. The lowest BCUT2D eigenvalue weighted by Crippen LogP contribution is -2.28. The first-order valence-electron chi connectivity index (χ1n) is 12.6. The Morgan fingerprint density at radius 1 is 0.800 bits per heavy atom. The van der Waals surface area contributed by atoms with Crippen molar-refractivity contribution in [2.45, 2.75) is 19.1 Å². The molecule has 0 bridgehead atoms. The minimum Gasteiger partial charge on any atom is -0.344 e. The van der Waals surface area contributed by atoms with Crippen LogP contribution in [0.3, 0.4) is 0 Å². The van der Waals surface area contributed by atoms with Crippen LogP contribution in [0.25, 0.3) is 21.9 Å². The van der Waals surface area contributed by atoms with E-state index in [0.29, 0.717) is 28.1 Å². The first kappa shape index (κ1) is 26.7. The van der Waals surface area contributed by atoms with Crippen molar-refractivity contribution in [1.29, 1.82) is 0 Å². The van der Waals surface area contributed by atoms with Gasteiger partial charge >= 0.3 is 6.18 Å². The lowest BCUT2D eigenvalue weighted by molar-refractivity contribution is -0.137. The van der Waals surface area contributed by atoms with Gasteiger partial charge in [-0.3, -0.25) is 9.59 Å². The Bertz CT molecular complexity index is 1710. The maximum atomic E-state index is 13.2. The lowest BCUT2D eigenvalue weighted by atomic mass is 9.98. The Morgan fingerprint density at radius 3 is 2.20 bits per heavy atom. The van der Waals surface area contributed by atoms with Crippen molar-refractivity contribution in [3.8, 4) is 11.1 Å². The van der Waals surface area contributed by atoms with Crippen LogP contribution in [-0.4, -0.2) is 16.4 Å². The third-order valence-corrected chi connectivity index (χ3v) is 6.81. The number of aryl methyl sites for hydroxylation is 1. The average molecular weight is 542 g/mol. The standard InChI is InChI=1S/C32H26F3N3O2/c1-20(23-12-11-21-7-3-4-8-24(21)17-23)36-31(40)29-18-26(19-38(29)2)37-30(39)28-10-6-5-9-27(28)22-13-15-25(16-14-22)32(33,34)35/h3-20H,1-2H3,(H,36,40)(H,37,39). The van der Waals surface area contributed by atoms with Gasteiger partial charge in [0.15, 0.2) is 0 Å². The van der Waals surface area contributed by atoms with E-state index in [2.05, 4.69) is 10.6 Å². The summed E-state index contributed by atoms with van der Waals surface area (Å²) in [7, 11) is 1.71. The smallest absolute Gasteiger partial charge is 0.344 e. The molecule has 1 aromatic heterocycles. The van der Waals surface area contributed by atoms with Gasteiger partial charge in [-0.2, -0.15) is 13.2 Å². The number of hydrogen-bond acceptors (Lipinski definition) is 2. The number of anilines is 1. The number of aromatic nitrogens is 1. The van der Waals surface area contributed by atoms with Crippen LogP contribution >= 0.6 is 0 Å². The van der Waals surface area contributed by atoms with Gasteiger partial charge in [-0.15, -0.1) is 0 Å². The first-order chi connectivity index (χ1) is 19.1. The average Bonchev–Trinajstić information content (AvgIpc) is 3.32. The second-order valence-electron chi connectivity index (χ2n) is 9.60. The molecule has 1 atom stereocenters. The second kappa shape index (κ2) is 10.7. The highest BCUT2D eigenvalue weighted by Gasteiger charge is 2.30. The molecule has 0 aliphatic rings. The molecule has 8 heteroatoms. The van der Waals surface area contributed by atoms with E-state index in [1.165, 1.54) is 12.1 Å². The van der Waals surface area contributed by atoms with E-state index in [4.69, 9.17) is 0 Å². The summed E-state index contributed by atoms with van der Waals surface area (Å²) in [5, 5.41) is 8.02. The highest BCUT2D eigenvalue weighted by molar-refractivity contribution is 6.09. The van der Waals surface area contributed by atoms with Crippen LogP contribution in [0.5, 0.6) is 0 Å². The van der Waals surface area contributed by atoms with Gasteiger partial charge in [0, 0.05) is 18.8 Å². The summed E-state index contributed by atoms with van der Waals surface area (Å²) >= 11 is 0. The minimum absolute atomic E-state index is 0.249. The van der Waals surface area contributed by atoms with Gasteiger partial charge in [-0.25, -0.2) is 0 Å². The van der Waals surface area contributed by atoms with Crippen LogP contribution in [0.2, 0.25) is 0 Å². The number of nitrogens with zero attached hydrogens (tertiary/aromatic N) is 1. The van der Waals surface area contributed by atoms with Crippen LogP contribution in [-0.2, 0) is 13.2 Å². The van der Waals surface area contributed by atoms with E-state index in [9.17, 15) is 22.8 Å². The van der Waals surface area contributed by atoms with Crippen molar-refractivity contribution in [2.24, 2.45) is 7.05 Å². The third kappa shape index (κ3) is 5.61. The number of fused-ring (bicyclic) bond motifs is 1. The molecule has 2 amide bonds. The zero-order chi connectivity index (χ0) is 28.4. The van der Waals surface area contributed by atoms with Crippen LogP contribution < -0.4 is 10.6 Å². The predicted octanol–water partition coefficient (Wildman–Crippen LogP) is 7.61. The number of nitrogens with one attached hydrogen (secondary N) is 2. The largest absolute Gasteiger partial charge is 0.416 e. The minimum atomic E-state index is -4.44. The Labute approximate surface area is 229 Å². The highest BCUT2D eigenvalue weighted by atomic mass is 19.4. The van der Waals surface area contributed by atoms with E-state index in [0.717, 1.165) is 28.5 Å². The number of carbonyl (C=O) groups excluding carboxylic acids is 2. The quantitative estimate of drug-likeness (QED) is 0.232. The molecule has 0 saturated heterocycles. The fraction of sp³-hybridized carbons (Fsp3) is 0.125. The molecular weight excluding hydrogens is 515 g/mol. The molecule has 5 aromatic rings. The van der Waals surface area contributed by atoms with Gasteiger partial charge < -0.3 is 15.2 Å². The fourth-order valence-corrected chi connectivity index (χ4v) is 4.66. The summed E-state index contributed by atoms with van der Waals surface area (Å²) in [6, 6.07) is 26.7. The van der Waals surface area contributed by atoms with Crippen LogP contribution in [0.1, 0.15) is 44.9 Å². The maximum Gasteiger partial charge on any atom is 0.416 e. The maximum absolute atomic E-state index is 13.2. The first-order valence-corrected chi connectivity index (χ1v) is 12.6. The second-order valence-corrected chi connectivity index (χ2v) is 9.60. The lowest BCUT2D eigenvalue weighted by Gasteiger charge is -2.15. The Balaban J connectivity index is 1.31. The Hall–Kier alpha value is -4.85. The van der Waals surface area contributed by atoms with Crippen molar-refractivity contribution in [3.63, 3.8) is 0 Å². The molecule has 5 nitrogen and oxygen atoms in total. The normalized spacial score (nSPS) is 12.2. The molecule has 0 saturated carbocycles. The van der Waals surface area contributed by atoms with Gasteiger partial charge in [-0.05, 0) is 64.7 Å². The van der Waals surface area contributed by atoms with Gasteiger partial charge in [0.2, 0.25) is 0 Å². The van der Waals surface area contributed by atoms with Crippen molar-refractivity contribution in [2.75, 3.05) is 5.32 Å². The topological polar surface area (TPSA) is 63.1 Å². The van der Waals surface area contributed by atoms with Gasteiger partial charge in [-0.1, -0.05) is 66.7 Å². The third-order valence-electron chi connectivity index (χ3n) is 6.81. The van der Waals surface area contributed by atoms with E-state index in [1.807, 2.05) is 49.4 Å². The van der Waals surface area contributed by atoms with Crippen molar-refractivity contribution in [1.82, 2.24) is 9.88 Å². The number of amides is 2. The number of hydrogen-bond donors (Lipinski definition) is 2. The van der Waals surface area contributed by atoms with E-state index >= 15 is 0 Å². The van der Waals surface area contributed by atoms with Crippen molar-refractivity contribution >= 4 is 28.3 Å². The van der Waals surface area contributed by atoms with Crippen molar-refractivity contribution < 1.29 is 22.8 Å². The van der Waals surface area contributed by atoms with Crippen LogP contribution in [0.15, 0.2) is 103 Å². The molecule has 4 aromatic carbocycles. The van der Waals surface area contributed by atoms with Gasteiger partial charge in [0.25, 0.3) is 11.8 Å². The van der Waals surface area contributed by atoms with Crippen LogP contribution in [0.4, 0.5) is 18.9 Å². The number of alkyl halides is 3. The zero-order valence-electron chi connectivity index (χ0n) is 21.8. The number of halogens is 3. The SMILES string of the molecule is CC(NC(=O)c1cc(NC(=O)c2ccccc2-c2ccc(C(F)(F)F)cc2)cn1C)c1ccc2ccccc2c1. The highest BCUT2D eigenvalue weighted by Crippen LogP contribution is 2.32. The molecule has 0 aliphatic carbocycles. The summed E-state index contributed by atoms with van der Waals surface area (Å²) in [4.78, 5) is 26.3. The Morgan fingerprint density at radius 2 is 1.48 bits per heavy atom. The zero-order valence-corrected chi connectivity index (χ0v) is 21.8. The number of rotatable bonds is 6. The summed E-state index contributed by atoms with van der Waals surface area (Å²) in [5.74, 6) is -0.744. The number of benzene rings is 4. The molecule has 202 valence electrons. The van der Waals surface area contributed by atoms with E-state index in [1.54, 1.807) is 48.1 Å². The summed E-state index contributed by atoms with van der Waals surface area (Å²) in [5.41, 5.74) is 2.25. The molecular formula is C32H26F3N3O2. The van der Waals surface area contributed by atoms with E-state index < -0.39 is 17.6 Å². The molecule has 0 fully saturated rings.